The first-order valence-electron chi connectivity index (χ1n) is 6.41. The SMILES string of the molecule is CC(C)CCN1C[C@H](O)C[C@H]1CC(C)C. The molecule has 1 heterocycles. The number of hydrogen-bond donors (Lipinski definition) is 1. The van der Waals surface area contributed by atoms with E-state index in [2.05, 4.69) is 32.6 Å². The maximum absolute atomic E-state index is 9.71. The zero-order chi connectivity index (χ0) is 11.4. The lowest BCUT2D eigenvalue weighted by Crippen LogP contribution is -2.32. The van der Waals surface area contributed by atoms with Crippen molar-refractivity contribution in [3.05, 3.63) is 0 Å². The topological polar surface area (TPSA) is 23.5 Å². The van der Waals surface area contributed by atoms with Gasteiger partial charge in [-0.2, -0.15) is 0 Å². The molecule has 2 nitrogen and oxygen atoms in total. The summed E-state index contributed by atoms with van der Waals surface area (Å²) in [6, 6.07) is 0.624. The third kappa shape index (κ3) is 4.52. The van der Waals surface area contributed by atoms with Gasteiger partial charge in [0.05, 0.1) is 6.10 Å². The van der Waals surface area contributed by atoms with Crippen LogP contribution in [0.4, 0.5) is 0 Å². The Hall–Kier alpha value is -0.0800. The quantitative estimate of drug-likeness (QED) is 0.758. The van der Waals surface area contributed by atoms with Crippen molar-refractivity contribution < 1.29 is 5.11 Å². The van der Waals surface area contributed by atoms with Gasteiger partial charge >= 0.3 is 0 Å². The minimum atomic E-state index is -0.0825. The summed E-state index contributed by atoms with van der Waals surface area (Å²) in [4.78, 5) is 2.49. The second kappa shape index (κ2) is 5.86. The van der Waals surface area contributed by atoms with E-state index < -0.39 is 0 Å². The summed E-state index contributed by atoms with van der Waals surface area (Å²) in [5.74, 6) is 1.50. The lowest BCUT2D eigenvalue weighted by atomic mass is 10.0. The van der Waals surface area contributed by atoms with Crippen LogP contribution in [-0.2, 0) is 0 Å². The van der Waals surface area contributed by atoms with Gasteiger partial charge in [0.1, 0.15) is 0 Å². The molecule has 2 heteroatoms. The van der Waals surface area contributed by atoms with Crippen LogP contribution in [0, 0.1) is 11.8 Å². The second-order valence-electron chi connectivity index (χ2n) is 5.85. The first-order valence-corrected chi connectivity index (χ1v) is 6.41. The lowest BCUT2D eigenvalue weighted by Gasteiger charge is -2.26. The van der Waals surface area contributed by atoms with Crippen molar-refractivity contribution in [2.24, 2.45) is 11.8 Å². The highest BCUT2D eigenvalue weighted by atomic mass is 16.3. The average Bonchev–Trinajstić information content (AvgIpc) is 2.41. The molecule has 2 atom stereocenters. The van der Waals surface area contributed by atoms with E-state index in [1.165, 1.54) is 12.8 Å². The van der Waals surface area contributed by atoms with Crippen LogP contribution >= 0.6 is 0 Å². The van der Waals surface area contributed by atoms with E-state index >= 15 is 0 Å². The van der Waals surface area contributed by atoms with Gasteiger partial charge in [-0.05, 0) is 37.6 Å². The first-order chi connectivity index (χ1) is 6.99. The van der Waals surface area contributed by atoms with Crippen LogP contribution in [0.15, 0.2) is 0 Å². The highest BCUT2D eigenvalue weighted by molar-refractivity contribution is 4.85. The smallest absolute Gasteiger partial charge is 0.0682 e. The number of β-amino-alcohol motifs (C(OH)–C–C–N with tert-alkyl or cyclic N) is 1. The molecule has 0 amide bonds. The monoisotopic (exact) mass is 213 g/mol. The van der Waals surface area contributed by atoms with Crippen molar-refractivity contribution in [3.8, 4) is 0 Å². The van der Waals surface area contributed by atoms with Gasteiger partial charge in [0, 0.05) is 12.6 Å². The number of likely N-dealkylation sites (tertiary alicyclic amines) is 1. The molecule has 1 saturated heterocycles. The number of aliphatic hydroxyl groups is 1. The molecule has 1 N–H and O–H groups in total. The van der Waals surface area contributed by atoms with Gasteiger partial charge in [0.2, 0.25) is 0 Å². The van der Waals surface area contributed by atoms with Crippen LogP contribution < -0.4 is 0 Å². The Balaban J connectivity index is 2.38. The summed E-state index contributed by atoms with van der Waals surface area (Å²) in [5, 5.41) is 9.71. The molecule has 1 aliphatic rings. The molecule has 1 aliphatic heterocycles. The minimum absolute atomic E-state index is 0.0825. The van der Waals surface area contributed by atoms with Crippen LogP contribution in [0.5, 0.6) is 0 Å². The Kier molecular flexibility index (Phi) is 5.07. The van der Waals surface area contributed by atoms with E-state index in [9.17, 15) is 5.11 Å². The predicted octanol–water partition coefficient (Wildman–Crippen LogP) is 2.51. The van der Waals surface area contributed by atoms with Crippen molar-refractivity contribution in [3.63, 3.8) is 0 Å². The van der Waals surface area contributed by atoms with Gasteiger partial charge in [-0.3, -0.25) is 4.90 Å². The molecule has 0 aromatic rings. The third-order valence-electron chi connectivity index (χ3n) is 3.24. The maximum Gasteiger partial charge on any atom is 0.0682 e. The van der Waals surface area contributed by atoms with Gasteiger partial charge in [-0.1, -0.05) is 27.7 Å². The van der Waals surface area contributed by atoms with Gasteiger partial charge in [0.15, 0.2) is 0 Å². The fourth-order valence-electron chi connectivity index (χ4n) is 2.44. The third-order valence-corrected chi connectivity index (χ3v) is 3.24. The van der Waals surface area contributed by atoms with Crippen LogP contribution in [0.1, 0.15) is 47.0 Å². The summed E-state index contributed by atoms with van der Waals surface area (Å²) < 4.78 is 0. The van der Waals surface area contributed by atoms with E-state index in [0.717, 1.165) is 31.3 Å². The molecule has 90 valence electrons. The average molecular weight is 213 g/mol. The fourth-order valence-corrected chi connectivity index (χ4v) is 2.44. The Morgan fingerprint density at radius 1 is 1.20 bits per heavy atom. The molecule has 15 heavy (non-hydrogen) atoms. The molecular formula is C13H27NO. The fraction of sp³-hybridized carbons (Fsp3) is 1.00. The molecule has 0 radical (unpaired) electrons. The molecule has 0 unspecified atom stereocenters. The molecule has 0 aromatic heterocycles. The zero-order valence-electron chi connectivity index (χ0n) is 10.7. The van der Waals surface area contributed by atoms with E-state index in [1.807, 2.05) is 0 Å². The molecule has 0 aromatic carbocycles. The van der Waals surface area contributed by atoms with Gasteiger partial charge < -0.3 is 5.11 Å². The van der Waals surface area contributed by atoms with Crippen LogP contribution in [0.25, 0.3) is 0 Å². The predicted molar refractivity (Wildman–Crippen MR) is 64.9 cm³/mol. The Morgan fingerprint density at radius 3 is 2.40 bits per heavy atom. The van der Waals surface area contributed by atoms with Crippen molar-refractivity contribution in [1.29, 1.82) is 0 Å². The van der Waals surface area contributed by atoms with Crippen LogP contribution in [0.3, 0.4) is 0 Å². The highest BCUT2D eigenvalue weighted by Gasteiger charge is 2.30. The van der Waals surface area contributed by atoms with E-state index in [-0.39, 0.29) is 6.10 Å². The van der Waals surface area contributed by atoms with Gasteiger partial charge in [0.25, 0.3) is 0 Å². The van der Waals surface area contributed by atoms with Crippen molar-refractivity contribution in [1.82, 2.24) is 4.90 Å². The van der Waals surface area contributed by atoms with Gasteiger partial charge in [-0.25, -0.2) is 0 Å². The van der Waals surface area contributed by atoms with Crippen molar-refractivity contribution in [2.75, 3.05) is 13.1 Å². The zero-order valence-corrected chi connectivity index (χ0v) is 10.7. The largest absolute Gasteiger partial charge is 0.392 e. The summed E-state index contributed by atoms with van der Waals surface area (Å²) in [5.41, 5.74) is 0. The highest BCUT2D eigenvalue weighted by Crippen LogP contribution is 2.24. The number of aliphatic hydroxyl groups excluding tert-OH is 1. The molecule has 1 fully saturated rings. The van der Waals surface area contributed by atoms with Crippen molar-refractivity contribution in [2.45, 2.75) is 59.1 Å². The summed E-state index contributed by atoms with van der Waals surface area (Å²) in [7, 11) is 0. The Labute approximate surface area is 94.7 Å². The lowest BCUT2D eigenvalue weighted by molar-refractivity contribution is 0.170. The van der Waals surface area contributed by atoms with Gasteiger partial charge in [-0.15, -0.1) is 0 Å². The molecule has 1 rings (SSSR count). The summed E-state index contributed by atoms with van der Waals surface area (Å²) in [6.45, 7) is 11.1. The second-order valence-corrected chi connectivity index (χ2v) is 5.85. The minimum Gasteiger partial charge on any atom is -0.392 e. The number of rotatable bonds is 5. The van der Waals surface area contributed by atoms with Crippen molar-refractivity contribution >= 4 is 0 Å². The van der Waals surface area contributed by atoms with Crippen LogP contribution in [0.2, 0.25) is 0 Å². The standard InChI is InChI=1S/C13H27NO/c1-10(2)5-6-14-9-13(15)8-12(14)7-11(3)4/h10-13,15H,5-9H2,1-4H3/t12-,13-/m1/s1. The molecule has 0 bridgehead atoms. The maximum atomic E-state index is 9.71. The first kappa shape index (κ1) is 13.0. The summed E-state index contributed by atoms with van der Waals surface area (Å²) >= 11 is 0. The number of hydrogen-bond acceptors (Lipinski definition) is 2. The summed E-state index contributed by atoms with van der Waals surface area (Å²) in [6.07, 6.45) is 3.38. The Bertz CT molecular complexity index is 179. The van der Waals surface area contributed by atoms with E-state index in [1.54, 1.807) is 0 Å². The van der Waals surface area contributed by atoms with Crippen LogP contribution in [-0.4, -0.2) is 35.2 Å². The molecular weight excluding hydrogens is 186 g/mol. The molecule has 0 saturated carbocycles. The van der Waals surface area contributed by atoms with E-state index in [0.29, 0.717) is 6.04 Å². The molecule has 0 spiro atoms. The Morgan fingerprint density at radius 2 is 1.87 bits per heavy atom. The van der Waals surface area contributed by atoms with E-state index in [4.69, 9.17) is 0 Å². The number of nitrogens with zero attached hydrogens (tertiary/aromatic N) is 1. The molecule has 0 aliphatic carbocycles. The normalized spacial score (nSPS) is 28.2.